The van der Waals surface area contributed by atoms with Crippen molar-refractivity contribution in [1.82, 2.24) is 14.7 Å². The lowest BCUT2D eigenvalue weighted by atomic mass is 10.1. The van der Waals surface area contributed by atoms with Crippen LogP contribution in [0.5, 0.6) is 0 Å². The first-order valence-corrected chi connectivity index (χ1v) is 12.3. The van der Waals surface area contributed by atoms with Crippen molar-refractivity contribution in [2.75, 3.05) is 71.0 Å². The molecule has 0 aromatic heterocycles. The molecule has 0 bridgehead atoms. The van der Waals surface area contributed by atoms with Crippen LogP contribution in [0.25, 0.3) is 0 Å². The molecule has 36 heavy (non-hydrogen) atoms. The summed E-state index contributed by atoms with van der Waals surface area (Å²) in [6.07, 6.45) is 0. The summed E-state index contributed by atoms with van der Waals surface area (Å²) in [6, 6.07) is 14.9. The van der Waals surface area contributed by atoms with Crippen LogP contribution in [0.2, 0.25) is 0 Å². The predicted octanol–water partition coefficient (Wildman–Crippen LogP) is 2.38. The number of hydrogen-bond donors (Lipinski definition) is 0. The summed E-state index contributed by atoms with van der Waals surface area (Å²) in [7, 11) is 1.35. The number of aryl methyl sites for hydroxylation is 1. The molecule has 192 valence electrons. The maximum Gasteiger partial charge on any atom is 0.337 e. The van der Waals surface area contributed by atoms with Crippen molar-refractivity contribution in [1.29, 1.82) is 0 Å². The van der Waals surface area contributed by atoms with Gasteiger partial charge in [-0.15, -0.1) is 0 Å². The summed E-state index contributed by atoms with van der Waals surface area (Å²) < 4.78 is 10.1. The Labute approximate surface area is 212 Å². The molecule has 2 aliphatic rings. The largest absolute Gasteiger partial charge is 0.465 e. The minimum Gasteiger partial charge on any atom is -0.465 e. The smallest absolute Gasteiger partial charge is 0.337 e. The third kappa shape index (κ3) is 6.41. The Morgan fingerprint density at radius 3 is 2.11 bits per heavy atom. The molecular formula is C27H34N4O5. The number of rotatable bonds is 6. The van der Waals surface area contributed by atoms with Gasteiger partial charge in [-0.05, 0) is 36.8 Å². The highest BCUT2D eigenvalue weighted by molar-refractivity contribution is 5.92. The van der Waals surface area contributed by atoms with Gasteiger partial charge < -0.3 is 19.3 Å². The van der Waals surface area contributed by atoms with Gasteiger partial charge in [-0.1, -0.05) is 29.8 Å². The van der Waals surface area contributed by atoms with E-state index in [-0.39, 0.29) is 11.9 Å². The molecule has 2 aromatic carbocycles. The van der Waals surface area contributed by atoms with Gasteiger partial charge in [0.25, 0.3) is 0 Å². The number of methoxy groups -OCH3 is 1. The van der Waals surface area contributed by atoms with Gasteiger partial charge in [0, 0.05) is 45.0 Å². The number of hydrogen-bond acceptors (Lipinski definition) is 6. The molecular weight excluding hydrogens is 460 g/mol. The molecule has 0 atom stereocenters. The second kappa shape index (κ2) is 12.0. The predicted molar refractivity (Wildman–Crippen MR) is 136 cm³/mol. The molecule has 2 fully saturated rings. The van der Waals surface area contributed by atoms with Gasteiger partial charge in [0.05, 0.1) is 39.0 Å². The minimum atomic E-state index is -0.391. The first kappa shape index (κ1) is 25.7. The molecule has 0 spiro atoms. The van der Waals surface area contributed by atoms with Gasteiger partial charge in [0.15, 0.2) is 0 Å². The number of esters is 1. The number of ether oxygens (including phenoxy) is 2. The number of amides is 3. The molecule has 3 amide bonds. The molecule has 0 saturated carbocycles. The third-order valence-electron chi connectivity index (χ3n) is 6.66. The average Bonchev–Trinajstić information content (AvgIpc) is 2.92. The highest BCUT2D eigenvalue weighted by atomic mass is 16.5. The lowest BCUT2D eigenvalue weighted by Gasteiger charge is -2.38. The monoisotopic (exact) mass is 494 g/mol. The van der Waals surface area contributed by atoms with E-state index in [1.54, 1.807) is 17.0 Å². The van der Waals surface area contributed by atoms with Gasteiger partial charge in [-0.2, -0.15) is 0 Å². The van der Waals surface area contributed by atoms with E-state index in [9.17, 15) is 14.4 Å². The number of anilines is 1. The van der Waals surface area contributed by atoms with Crippen LogP contribution in [0.3, 0.4) is 0 Å². The molecule has 9 heteroatoms. The molecule has 2 aliphatic heterocycles. The van der Waals surface area contributed by atoms with Crippen molar-refractivity contribution < 1.29 is 23.9 Å². The zero-order valence-corrected chi connectivity index (χ0v) is 21.0. The minimum absolute atomic E-state index is 0.0740. The Morgan fingerprint density at radius 2 is 1.50 bits per heavy atom. The lowest BCUT2D eigenvalue weighted by Crippen LogP contribution is -2.55. The Bertz CT molecular complexity index is 1040. The van der Waals surface area contributed by atoms with Crippen LogP contribution in [0.4, 0.5) is 10.5 Å². The summed E-state index contributed by atoms with van der Waals surface area (Å²) in [5.41, 5.74) is 3.31. The van der Waals surface area contributed by atoms with Crippen molar-refractivity contribution >= 4 is 23.6 Å². The van der Waals surface area contributed by atoms with Gasteiger partial charge in [-0.25, -0.2) is 9.59 Å². The van der Waals surface area contributed by atoms with E-state index in [0.29, 0.717) is 71.1 Å². The number of nitrogens with zero attached hydrogens (tertiary/aromatic N) is 4. The fourth-order valence-electron chi connectivity index (χ4n) is 4.41. The van der Waals surface area contributed by atoms with E-state index in [4.69, 9.17) is 9.47 Å². The number of carbonyl (C=O) groups excluding carboxylic acids is 3. The van der Waals surface area contributed by atoms with Crippen LogP contribution >= 0.6 is 0 Å². The van der Waals surface area contributed by atoms with Gasteiger partial charge in [0.2, 0.25) is 5.91 Å². The van der Waals surface area contributed by atoms with Crippen LogP contribution in [0.1, 0.15) is 21.5 Å². The Kier molecular flexibility index (Phi) is 8.56. The van der Waals surface area contributed by atoms with Gasteiger partial charge in [-0.3, -0.25) is 14.6 Å². The number of piperazine rings is 1. The quantitative estimate of drug-likeness (QED) is 0.574. The molecule has 2 saturated heterocycles. The Hall–Kier alpha value is -3.43. The van der Waals surface area contributed by atoms with E-state index in [2.05, 4.69) is 4.90 Å². The fraction of sp³-hybridized carbons (Fsp3) is 0.444. The topological polar surface area (TPSA) is 82.6 Å². The average molecular weight is 495 g/mol. The summed E-state index contributed by atoms with van der Waals surface area (Å²) in [5.74, 6) is -0.271. The molecule has 0 unspecified atom stereocenters. The number of benzene rings is 2. The standard InChI is InChI=1S/C27H34N4O5/c1-21-3-9-24(10-4-21)31(19-22-5-7-23(8-6-22)26(33)35-2)27(34)30-13-11-28(12-14-30)20-25(32)29-15-17-36-18-16-29/h3-10H,11-20H2,1-2H3. The SMILES string of the molecule is COC(=O)c1ccc(CN(C(=O)N2CCN(CC(=O)N3CCOCC3)CC2)c2ccc(C)cc2)cc1. The summed E-state index contributed by atoms with van der Waals surface area (Å²) in [6.45, 7) is 7.64. The molecule has 2 aromatic rings. The van der Waals surface area contributed by atoms with Crippen molar-refractivity contribution in [3.63, 3.8) is 0 Å². The van der Waals surface area contributed by atoms with E-state index in [0.717, 1.165) is 16.8 Å². The molecule has 9 nitrogen and oxygen atoms in total. The van der Waals surface area contributed by atoms with Crippen LogP contribution in [-0.4, -0.2) is 98.7 Å². The number of morpholine rings is 1. The number of urea groups is 1. The summed E-state index contributed by atoms with van der Waals surface area (Å²) >= 11 is 0. The van der Waals surface area contributed by atoms with Crippen LogP contribution in [0.15, 0.2) is 48.5 Å². The first-order valence-electron chi connectivity index (χ1n) is 12.3. The first-order chi connectivity index (χ1) is 17.4. The maximum absolute atomic E-state index is 13.7. The molecule has 0 N–H and O–H groups in total. The summed E-state index contributed by atoms with van der Waals surface area (Å²) in [5, 5.41) is 0. The molecule has 2 heterocycles. The second-order valence-electron chi connectivity index (χ2n) is 9.15. The van der Waals surface area contributed by atoms with E-state index < -0.39 is 5.97 Å². The lowest BCUT2D eigenvalue weighted by molar-refractivity contribution is -0.136. The highest BCUT2D eigenvalue weighted by Gasteiger charge is 2.28. The third-order valence-corrected chi connectivity index (χ3v) is 6.66. The van der Waals surface area contributed by atoms with Crippen LogP contribution < -0.4 is 4.90 Å². The van der Waals surface area contributed by atoms with E-state index >= 15 is 0 Å². The van der Waals surface area contributed by atoms with Crippen LogP contribution in [0, 0.1) is 6.92 Å². The van der Waals surface area contributed by atoms with E-state index in [1.807, 2.05) is 53.1 Å². The van der Waals surface area contributed by atoms with Crippen LogP contribution in [-0.2, 0) is 20.8 Å². The van der Waals surface area contributed by atoms with Gasteiger partial charge in [0.1, 0.15) is 0 Å². The maximum atomic E-state index is 13.7. The zero-order chi connectivity index (χ0) is 25.5. The molecule has 0 radical (unpaired) electrons. The number of carbonyl (C=O) groups is 3. The van der Waals surface area contributed by atoms with Crippen molar-refractivity contribution in [2.45, 2.75) is 13.5 Å². The molecule has 0 aliphatic carbocycles. The second-order valence-corrected chi connectivity index (χ2v) is 9.15. The van der Waals surface area contributed by atoms with Crippen molar-refractivity contribution in [3.8, 4) is 0 Å². The fourth-order valence-corrected chi connectivity index (χ4v) is 4.41. The van der Waals surface area contributed by atoms with Crippen molar-refractivity contribution in [2.24, 2.45) is 0 Å². The van der Waals surface area contributed by atoms with Crippen molar-refractivity contribution in [3.05, 3.63) is 65.2 Å². The molecule has 4 rings (SSSR count). The van der Waals surface area contributed by atoms with E-state index in [1.165, 1.54) is 7.11 Å². The highest BCUT2D eigenvalue weighted by Crippen LogP contribution is 2.21. The normalized spacial score (nSPS) is 16.5. The zero-order valence-electron chi connectivity index (χ0n) is 21.0. The van der Waals surface area contributed by atoms with Gasteiger partial charge >= 0.3 is 12.0 Å². The Balaban J connectivity index is 1.41. The summed E-state index contributed by atoms with van der Waals surface area (Å²) in [4.78, 5) is 45.6. The Morgan fingerprint density at radius 1 is 0.861 bits per heavy atom.